The molecule has 3 rings (SSSR count). The maximum atomic E-state index is 12.0. The van der Waals surface area contributed by atoms with Gasteiger partial charge in [0, 0.05) is 6.07 Å². The van der Waals surface area contributed by atoms with Crippen LogP contribution in [0.4, 0.5) is 0 Å². The van der Waals surface area contributed by atoms with Gasteiger partial charge in [0.2, 0.25) is 5.88 Å². The molecular formula is C15H15N3O2. The van der Waals surface area contributed by atoms with Crippen LogP contribution in [0.2, 0.25) is 0 Å². The largest absolute Gasteiger partial charge is 0.478 e. The van der Waals surface area contributed by atoms with Crippen molar-refractivity contribution in [3.8, 4) is 17.1 Å². The first kappa shape index (κ1) is 12.5. The summed E-state index contributed by atoms with van der Waals surface area (Å²) in [5, 5.41) is 3.06. The molecule has 0 fully saturated rings. The summed E-state index contributed by atoms with van der Waals surface area (Å²) < 4.78 is 6.70. The molecule has 102 valence electrons. The molecule has 3 aromatic rings. The lowest BCUT2D eigenvalue weighted by molar-refractivity contribution is 0.326. The average molecular weight is 269 g/mol. The van der Waals surface area contributed by atoms with E-state index in [1.165, 1.54) is 16.1 Å². The second-order valence-electron chi connectivity index (χ2n) is 4.60. The maximum Gasteiger partial charge on any atom is 0.276 e. The summed E-state index contributed by atoms with van der Waals surface area (Å²) in [5.41, 5.74) is 3.42. The Morgan fingerprint density at radius 3 is 2.70 bits per heavy atom. The van der Waals surface area contributed by atoms with Gasteiger partial charge in [0.25, 0.3) is 5.56 Å². The quantitative estimate of drug-likeness (QED) is 0.794. The minimum Gasteiger partial charge on any atom is -0.478 e. The first-order valence-corrected chi connectivity index (χ1v) is 6.50. The highest BCUT2D eigenvalue weighted by Gasteiger charge is 2.08. The molecule has 0 atom stereocenters. The van der Waals surface area contributed by atoms with E-state index in [2.05, 4.69) is 10.1 Å². The highest BCUT2D eigenvalue weighted by atomic mass is 16.5. The molecule has 20 heavy (non-hydrogen) atoms. The summed E-state index contributed by atoms with van der Waals surface area (Å²) in [5.74, 6) is 0.354. The first-order chi connectivity index (χ1) is 9.67. The van der Waals surface area contributed by atoms with Crippen LogP contribution < -0.4 is 10.3 Å². The zero-order chi connectivity index (χ0) is 14.1. The van der Waals surface area contributed by atoms with Crippen LogP contribution in [0.3, 0.4) is 0 Å². The molecule has 0 unspecified atom stereocenters. The lowest BCUT2D eigenvalue weighted by atomic mass is 10.1. The number of nitrogens with zero attached hydrogens (tertiary/aromatic N) is 2. The van der Waals surface area contributed by atoms with E-state index in [1.807, 2.05) is 44.2 Å². The second-order valence-corrected chi connectivity index (χ2v) is 4.60. The van der Waals surface area contributed by atoms with Crippen molar-refractivity contribution in [2.45, 2.75) is 13.8 Å². The number of fused-ring (bicyclic) bond motifs is 1. The summed E-state index contributed by atoms with van der Waals surface area (Å²) >= 11 is 0. The Hall–Kier alpha value is -2.56. The number of ether oxygens (including phenoxy) is 1. The molecule has 0 saturated carbocycles. The molecule has 1 aromatic carbocycles. The van der Waals surface area contributed by atoms with Gasteiger partial charge in [-0.15, -0.1) is 0 Å². The van der Waals surface area contributed by atoms with Crippen LogP contribution in [-0.2, 0) is 0 Å². The number of hydrogen-bond acceptors (Lipinski definition) is 3. The minimum absolute atomic E-state index is 0.184. The Morgan fingerprint density at radius 1 is 1.25 bits per heavy atom. The van der Waals surface area contributed by atoms with Gasteiger partial charge in [0.05, 0.1) is 18.4 Å². The lowest BCUT2D eigenvalue weighted by Crippen LogP contribution is -2.14. The zero-order valence-electron chi connectivity index (χ0n) is 11.4. The number of aryl methyl sites for hydroxylation is 1. The van der Waals surface area contributed by atoms with E-state index >= 15 is 0 Å². The number of benzene rings is 1. The Labute approximate surface area is 115 Å². The number of aromatic amines is 1. The normalized spacial score (nSPS) is 10.9. The van der Waals surface area contributed by atoms with Crippen molar-refractivity contribution in [2.24, 2.45) is 0 Å². The molecule has 1 N–H and O–H groups in total. The molecule has 2 heterocycles. The zero-order valence-corrected chi connectivity index (χ0v) is 11.4. The fourth-order valence-corrected chi connectivity index (χ4v) is 2.07. The standard InChI is InChI=1S/C15H15N3O2/c1-3-20-14-9-15(19)18-13(16-14)8-12(17-18)11-6-4-10(2)5-7-11/h4-9,17H,3H2,1-2H3. The van der Waals surface area contributed by atoms with Crippen molar-refractivity contribution in [1.29, 1.82) is 0 Å². The van der Waals surface area contributed by atoms with E-state index in [0.29, 0.717) is 18.1 Å². The van der Waals surface area contributed by atoms with Gasteiger partial charge in [-0.05, 0) is 19.4 Å². The third-order valence-electron chi connectivity index (χ3n) is 3.08. The summed E-state index contributed by atoms with van der Waals surface area (Å²) in [4.78, 5) is 16.3. The Kier molecular flexibility index (Phi) is 3.02. The highest BCUT2D eigenvalue weighted by Crippen LogP contribution is 2.19. The summed E-state index contributed by atoms with van der Waals surface area (Å²) in [7, 11) is 0. The molecule has 0 spiro atoms. The molecule has 0 aliphatic rings. The fraction of sp³-hybridized carbons (Fsp3) is 0.200. The maximum absolute atomic E-state index is 12.0. The van der Waals surface area contributed by atoms with Crippen LogP contribution in [0.25, 0.3) is 16.9 Å². The molecule has 0 aliphatic heterocycles. The van der Waals surface area contributed by atoms with Crippen LogP contribution in [0.5, 0.6) is 5.88 Å². The Morgan fingerprint density at radius 2 is 2.00 bits per heavy atom. The predicted octanol–water partition coefficient (Wildman–Crippen LogP) is 2.40. The van der Waals surface area contributed by atoms with E-state index < -0.39 is 0 Å². The first-order valence-electron chi connectivity index (χ1n) is 6.50. The van der Waals surface area contributed by atoms with Gasteiger partial charge in [-0.25, -0.2) is 4.52 Å². The molecule has 0 amide bonds. The number of rotatable bonds is 3. The van der Waals surface area contributed by atoms with E-state index in [0.717, 1.165) is 11.3 Å². The molecule has 2 aromatic heterocycles. The molecular weight excluding hydrogens is 254 g/mol. The van der Waals surface area contributed by atoms with Crippen molar-refractivity contribution < 1.29 is 4.74 Å². The van der Waals surface area contributed by atoms with Crippen LogP contribution >= 0.6 is 0 Å². The van der Waals surface area contributed by atoms with Gasteiger partial charge in [-0.3, -0.25) is 9.89 Å². The Balaban J connectivity index is 2.12. The third kappa shape index (κ3) is 2.18. The van der Waals surface area contributed by atoms with Crippen molar-refractivity contribution in [1.82, 2.24) is 14.6 Å². The van der Waals surface area contributed by atoms with E-state index in [1.54, 1.807) is 0 Å². The van der Waals surface area contributed by atoms with Gasteiger partial charge in [-0.1, -0.05) is 29.8 Å². The number of aromatic nitrogens is 3. The average Bonchev–Trinajstić information content (AvgIpc) is 2.84. The summed E-state index contributed by atoms with van der Waals surface area (Å²) in [6.07, 6.45) is 0. The molecule has 0 bridgehead atoms. The van der Waals surface area contributed by atoms with Gasteiger partial charge in [0.15, 0.2) is 5.65 Å². The van der Waals surface area contributed by atoms with Crippen LogP contribution in [-0.4, -0.2) is 21.2 Å². The van der Waals surface area contributed by atoms with Crippen molar-refractivity contribution >= 4 is 5.65 Å². The monoisotopic (exact) mass is 269 g/mol. The van der Waals surface area contributed by atoms with Crippen molar-refractivity contribution in [2.75, 3.05) is 6.61 Å². The summed E-state index contributed by atoms with van der Waals surface area (Å²) in [6, 6.07) is 11.3. The van der Waals surface area contributed by atoms with Crippen LogP contribution in [0.1, 0.15) is 12.5 Å². The van der Waals surface area contributed by atoms with Crippen LogP contribution in [0, 0.1) is 6.92 Å². The topological polar surface area (TPSA) is 59.4 Å². The van der Waals surface area contributed by atoms with Gasteiger partial charge in [-0.2, -0.15) is 4.98 Å². The van der Waals surface area contributed by atoms with E-state index in [9.17, 15) is 4.79 Å². The van der Waals surface area contributed by atoms with Gasteiger partial charge < -0.3 is 4.74 Å². The van der Waals surface area contributed by atoms with E-state index in [4.69, 9.17) is 4.74 Å². The molecule has 0 saturated heterocycles. The van der Waals surface area contributed by atoms with Crippen molar-refractivity contribution in [3.05, 3.63) is 52.3 Å². The van der Waals surface area contributed by atoms with Gasteiger partial charge in [0.1, 0.15) is 0 Å². The number of H-pyrrole nitrogens is 1. The summed E-state index contributed by atoms with van der Waals surface area (Å²) in [6.45, 7) is 4.38. The number of hydrogen-bond donors (Lipinski definition) is 1. The molecule has 0 radical (unpaired) electrons. The Bertz CT molecular complexity index is 800. The lowest BCUT2D eigenvalue weighted by Gasteiger charge is -2.00. The molecule has 5 nitrogen and oxygen atoms in total. The van der Waals surface area contributed by atoms with Gasteiger partial charge >= 0.3 is 0 Å². The van der Waals surface area contributed by atoms with Crippen molar-refractivity contribution in [3.63, 3.8) is 0 Å². The second kappa shape index (κ2) is 4.85. The minimum atomic E-state index is -0.184. The van der Waals surface area contributed by atoms with E-state index in [-0.39, 0.29) is 5.56 Å². The molecule has 0 aliphatic carbocycles. The SMILES string of the molecule is CCOc1cc(=O)n2[nH]c(-c3ccc(C)cc3)cc2n1. The molecule has 5 heteroatoms. The smallest absolute Gasteiger partial charge is 0.276 e. The highest BCUT2D eigenvalue weighted by molar-refractivity contribution is 5.64. The van der Waals surface area contributed by atoms with Crippen LogP contribution in [0.15, 0.2) is 41.2 Å². The number of nitrogens with one attached hydrogen (secondary N) is 1. The fourth-order valence-electron chi connectivity index (χ4n) is 2.07. The third-order valence-corrected chi connectivity index (χ3v) is 3.08. The predicted molar refractivity (Wildman–Crippen MR) is 77.2 cm³/mol.